The molecule has 2 aromatic rings. The minimum atomic E-state index is -6.20. The molecule has 0 aliphatic rings. The first-order chi connectivity index (χ1) is 12.5. The summed E-state index contributed by atoms with van der Waals surface area (Å²) in [7, 11) is -6.20. The van der Waals surface area contributed by atoms with Gasteiger partial charge in [0, 0.05) is 0 Å². The van der Waals surface area contributed by atoms with Crippen LogP contribution in [0.4, 0.5) is 32.2 Å². The molecule has 2 rings (SSSR count). The number of nitrogen functional groups attached to an aromatic ring is 1. The number of hydrogen-bond donors (Lipinski definition) is 2. The molecule has 0 atom stereocenters. The Hall–Kier alpha value is -2.19. The molecule has 1 aromatic carbocycles. The van der Waals surface area contributed by atoms with Crippen LogP contribution in [0.25, 0.3) is 5.69 Å². The highest BCUT2D eigenvalue weighted by molar-refractivity contribution is 7.92. The van der Waals surface area contributed by atoms with Gasteiger partial charge in [-0.15, -0.1) is 0 Å². The molecule has 0 fully saturated rings. The van der Waals surface area contributed by atoms with Crippen molar-refractivity contribution in [2.24, 2.45) is 5.73 Å². The van der Waals surface area contributed by atoms with E-state index in [9.17, 15) is 39.6 Å². The van der Waals surface area contributed by atoms with E-state index in [1.165, 1.54) is 0 Å². The number of benzene rings is 1. The lowest BCUT2D eigenvalue weighted by Crippen LogP contribution is -2.26. The van der Waals surface area contributed by atoms with Crippen molar-refractivity contribution >= 4 is 44.8 Å². The lowest BCUT2D eigenvalue weighted by Gasteiger charge is -2.13. The molecular formula is C12H6Cl2F6N4O3S. The van der Waals surface area contributed by atoms with Gasteiger partial charge in [0.25, 0.3) is 15.7 Å². The van der Waals surface area contributed by atoms with E-state index < -0.39 is 65.1 Å². The van der Waals surface area contributed by atoms with Gasteiger partial charge in [0.2, 0.25) is 0 Å². The zero-order chi connectivity index (χ0) is 21.8. The Morgan fingerprint density at radius 1 is 1.07 bits per heavy atom. The maximum absolute atomic E-state index is 12.9. The van der Waals surface area contributed by atoms with Crippen molar-refractivity contribution in [2.45, 2.75) is 16.6 Å². The SMILES string of the molecule is NC(=O)c1nn(-c2c(Cl)cc(C(F)(F)F)cc2Cl)c(N)c1S(=O)(=O)C(F)(F)F. The second kappa shape index (κ2) is 6.70. The number of rotatable bonds is 3. The average molecular weight is 471 g/mol. The fourth-order valence-electron chi connectivity index (χ4n) is 2.06. The summed E-state index contributed by atoms with van der Waals surface area (Å²) >= 11 is 11.4. The molecule has 154 valence electrons. The molecule has 1 heterocycles. The quantitative estimate of drug-likeness (QED) is 0.667. The Bertz CT molecular complexity index is 1060. The summed E-state index contributed by atoms with van der Waals surface area (Å²) in [5.74, 6) is -2.98. The average Bonchev–Trinajstić information content (AvgIpc) is 2.82. The molecule has 0 aliphatic heterocycles. The third kappa shape index (κ3) is 3.58. The first kappa shape index (κ1) is 22.1. The molecule has 1 amide bonds. The largest absolute Gasteiger partial charge is 0.502 e. The Kier molecular flexibility index (Phi) is 5.29. The van der Waals surface area contributed by atoms with Crippen LogP contribution in [0.2, 0.25) is 10.0 Å². The van der Waals surface area contributed by atoms with E-state index in [0.717, 1.165) is 0 Å². The van der Waals surface area contributed by atoms with Gasteiger partial charge in [-0.2, -0.15) is 31.4 Å². The molecule has 16 heteroatoms. The Morgan fingerprint density at radius 2 is 1.54 bits per heavy atom. The smallest absolute Gasteiger partial charge is 0.382 e. The second-order valence-corrected chi connectivity index (χ2v) is 7.77. The summed E-state index contributed by atoms with van der Waals surface area (Å²) in [6.45, 7) is 0. The molecule has 28 heavy (non-hydrogen) atoms. The Morgan fingerprint density at radius 3 is 1.89 bits per heavy atom. The van der Waals surface area contributed by atoms with Crippen LogP contribution in [0.15, 0.2) is 17.0 Å². The summed E-state index contributed by atoms with van der Waals surface area (Å²) in [6.07, 6.45) is -4.87. The van der Waals surface area contributed by atoms with Crippen molar-refractivity contribution in [1.82, 2.24) is 9.78 Å². The molecule has 0 radical (unpaired) electrons. The fraction of sp³-hybridized carbons (Fsp3) is 0.167. The molecule has 0 bridgehead atoms. The zero-order valence-electron chi connectivity index (χ0n) is 12.9. The molecule has 0 saturated carbocycles. The highest BCUT2D eigenvalue weighted by atomic mass is 35.5. The minimum absolute atomic E-state index is 0.184. The van der Waals surface area contributed by atoms with Crippen LogP contribution in [0.3, 0.4) is 0 Å². The van der Waals surface area contributed by atoms with E-state index in [1.807, 2.05) is 0 Å². The maximum Gasteiger partial charge on any atom is 0.502 e. The predicted molar refractivity (Wildman–Crippen MR) is 84.8 cm³/mol. The van der Waals surface area contributed by atoms with E-state index in [2.05, 4.69) is 5.10 Å². The number of alkyl halides is 6. The highest BCUT2D eigenvalue weighted by Crippen LogP contribution is 2.41. The van der Waals surface area contributed by atoms with E-state index >= 15 is 0 Å². The molecule has 1 aromatic heterocycles. The molecular weight excluding hydrogens is 465 g/mol. The van der Waals surface area contributed by atoms with Gasteiger partial charge in [0.05, 0.1) is 15.6 Å². The molecule has 7 nitrogen and oxygen atoms in total. The molecule has 0 saturated heterocycles. The van der Waals surface area contributed by atoms with Crippen molar-refractivity contribution in [2.75, 3.05) is 5.73 Å². The summed E-state index contributed by atoms with van der Waals surface area (Å²) in [6, 6.07) is 0.706. The number of nitrogens with two attached hydrogens (primary N) is 2. The van der Waals surface area contributed by atoms with Gasteiger partial charge in [0.15, 0.2) is 10.6 Å². The van der Waals surface area contributed by atoms with Crippen LogP contribution in [0, 0.1) is 0 Å². The maximum atomic E-state index is 12.9. The Balaban J connectivity index is 2.88. The van der Waals surface area contributed by atoms with Gasteiger partial charge in [0.1, 0.15) is 11.5 Å². The topological polar surface area (TPSA) is 121 Å². The predicted octanol–water partition coefficient (Wildman–Crippen LogP) is 3.17. The number of amides is 1. The first-order valence-electron chi connectivity index (χ1n) is 6.56. The number of aromatic nitrogens is 2. The van der Waals surface area contributed by atoms with Gasteiger partial charge in [-0.1, -0.05) is 23.2 Å². The van der Waals surface area contributed by atoms with Crippen LogP contribution in [0.1, 0.15) is 16.1 Å². The number of hydrogen-bond acceptors (Lipinski definition) is 5. The monoisotopic (exact) mass is 470 g/mol. The standard InChI is InChI=1S/C12H6Cl2F6N4O3S/c13-4-1-3(11(15,16)17)2-5(14)7(4)24-9(21)8(6(23-24)10(22)25)28(26,27)12(18,19)20/h1-2H,21H2,(H2,22,25). The molecule has 0 aliphatic carbocycles. The van der Waals surface area contributed by atoms with Gasteiger partial charge in [-0.05, 0) is 12.1 Å². The lowest BCUT2D eigenvalue weighted by molar-refractivity contribution is -0.137. The van der Waals surface area contributed by atoms with Gasteiger partial charge in [-0.25, -0.2) is 13.1 Å². The minimum Gasteiger partial charge on any atom is -0.382 e. The van der Waals surface area contributed by atoms with E-state index in [1.54, 1.807) is 0 Å². The summed E-state index contributed by atoms with van der Waals surface area (Å²) in [5.41, 5.74) is 0.960. The van der Waals surface area contributed by atoms with Gasteiger partial charge in [-0.3, -0.25) is 4.79 Å². The summed E-state index contributed by atoms with van der Waals surface area (Å²) in [4.78, 5) is 9.61. The van der Waals surface area contributed by atoms with Gasteiger partial charge < -0.3 is 11.5 Å². The van der Waals surface area contributed by atoms with Crippen molar-refractivity contribution in [3.63, 3.8) is 0 Å². The third-order valence-corrected chi connectivity index (χ3v) is 5.36. The molecule has 4 N–H and O–H groups in total. The van der Waals surface area contributed by atoms with Crippen LogP contribution in [-0.2, 0) is 16.0 Å². The number of carbonyl (C=O) groups is 1. The van der Waals surface area contributed by atoms with E-state index in [0.29, 0.717) is 12.1 Å². The highest BCUT2D eigenvalue weighted by Gasteiger charge is 2.51. The molecule has 0 unspecified atom stereocenters. The van der Waals surface area contributed by atoms with Crippen molar-refractivity contribution < 1.29 is 39.6 Å². The van der Waals surface area contributed by atoms with Crippen LogP contribution in [0.5, 0.6) is 0 Å². The second-order valence-electron chi connectivity index (χ2n) is 5.07. The third-order valence-electron chi connectivity index (χ3n) is 3.24. The number of nitrogens with zero attached hydrogens (tertiary/aromatic N) is 2. The van der Waals surface area contributed by atoms with E-state index in [-0.39, 0.29) is 4.68 Å². The van der Waals surface area contributed by atoms with Crippen LogP contribution in [-0.4, -0.2) is 29.6 Å². The van der Waals surface area contributed by atoms with Gasteiger partial charge >= 0.3 is 11.7 Å². The van der Waals surface area contributed by atoms with Crippen LogP contribution >= 0.6 is 23.2 Å². The summed E-state index contributed by atoms with van der Waals surface area (Å²) in [5, 5.41) is 1.68. The number of halogens is 8. The van der Waals surface area contributed by atoms with Crippen molar-refractivity contribution in [3.05, 3.63) is 33.4 Å². The van der Waals surface area contributed by atoms with Crippen LogP contribution < -0.4 is 11.5 Å². The van der Waals surface area contributed by atoms with E-state index in [4.69, 9.17) is 34.7 Å². The number of anilines is 1. The fourth-order valence-corrected chi connectivity index (χ4v) is 3.70. The number of carbonyl (C=O) groups excluding carboxylic acids is 1. The van der Waals surface area contributed by atoms with Crippen molar-refractivity contribution in [3.8, 4) is 5.69 Å². The number of primary amides is 1. The number of sulfone groups is 1. The summed E-state index contributed by atoms with van der Waals surface area (Å²) < 4.78 is 101. The Labute approximate surface area is 161 Å². The molecule has 0 spiro atoms. The lowest BCUT2D eigenvalue weighted by atomic mass is 10.2. The first-order valence-corrected chi connectivity index (χ1v) is 8.80. The van der Waals surface area contributed by atoms with Crippen molar-refractivity contribution in [1.29, 1.82) is 0 Å². The normalized spacial score (nSPS) is 13.0. The zero-order valence-corrected chi connectivity index (χ0v) is 15.2.